The number of nitrogens with zero attached hydrogens (tertiary/aromatic N) is 1. The minimum atomic E-state index is -1.18. The van der Waals surface area contributed by atoms with E-state index in [1.54, 1.807) is 39.8 Å². The highest BCUT2D eigenvalue weighted by Gasteiger charge is 2.37. The average molecular weight is 421 g/mol. The van der Waals surface area contributed by atoms with Crippen molar-refractivity contribution in [2.75, 3.05) is 25.0 Å². The van der Waals surface area contributed by atoms with Crippen molar-refractivity contribution < 1.29 is 28.6 Å². The highest BCUT2D eigenvalue weighted by molar-refractivity contribution is 6.03. The third-order valence-electron chi connectivity index (χ3n) is 4.86. The molecule has 2 aromatic rings. The molecule has 1 amide bonds. The second-order valence-corrected chi connectivity index (χ2v) is 7.67. The first-order chi connectivity index (χ1) is 14.0. The summed E-state index contributed by atoms with van der Waals surface area (Å²) in [5.74, 6) is -1.30. The first-order valence-corrected chi connectivity index (χ1v) is 9.28. The van der Waals surface area contributed by atoms with Crippen LogP contribution in [0.4, 0.5) is 15.8 Å². The van der Waals surface area contributed by atoms with Gasteiger partial charge in [-0.25, -0.2) is 4.39 Å². The zero-order chi connectivity index (χ0) is 22.5. The van der Waals surface area contributed by atoms with Gasteiger partial charge in [-0.3, -0.25) is 20.1 Å². The molecule has 0 spiro atoms. The number of carbonyl (C=O) groups is 1. The minimum absolute atomic E-state index is 0.0106. The van der Waals surface area contributed by atoms with Crippen molar-refractivity contribution in [1.82, 2.24) is 4.98 Å². The van der Waals surface area contributed by atoms with E-state index in [1.807, 2.05) is 0 Å². The number of aromatic nitrogens is 1. The molecule has 0 radical (unpaired) electrons. The molecule has 1 heterocycles. The second-order valence-electron chi connectivity index (χ2n) is 7.67. The fourth-order valence-electron chi connectivity index (χ4n) is 2.25. The molecule has 3 N–H and O–H groups in total. The van der Waals surface area contributed by atoms with Crippen molar-refractivity contribution in [2.45, 2.75) is 45.2 Å². The van der Waals surface area contributed by atoms with Gasteiger partial charge in [-0.15, -0.1) is 0 Å². The number of ether oxygens (including phenoxy) is 2. The Labute approximate surface area is 175 Å². The van der Waals surface area contributed by atoms with Crippen LogP contribution in [0.1, 0.15) is 50.0 Å². The average Bonchev–Trinajstić information content (AvgIpc) is 2.69. The van der Waals surface area contributed by atoms with Crippen molar-refractivity contribution in [3.63, 3.8) is 0 Å². The predicted octanol–water partition coefficient (Wildman–Crippen LogP) is 3.66. The van der Waals surface area contributed by atoms with Crippen LogP contribution in [0.25, 0.3) is 0 Å². The number of pyridine rings is 1. The maximum Gasteiger partial charge on any atom is 0.274 e. The fourth-order valence-corrected chi connectivity index (χ4v) is 2.25. The molecule has 0 saturated carbocycles. The van der Waals surface area contributed by atoms with E-state index in [0.29, 0.717) is 5.56 Å². The molecular formula is C21H28FN3O5. The van der Waals surface area contributed by atoms with Crippen LogP contribution in [-0.4, -0.2) is 41.4 Å². The third kappa shape index (κ3) is 5.51. The van der Waals surface area contributed by atoms with Crippen molar-refractivity contribution in [3.8, 4) is 0 Å². The van der Waals surface area contributed by atoms with Gasteiger partial charge in [-0.2, -0.15) is 0 Å². The Balaban J connectivity index is 2.12. The quantitative estimate of drug-likeness (QED) is 0.419. The maximum absolute atomic E-state index is 14.8. The summed E-state index contributed by atoms with van der Waals surface area (Å²) in [6, 6.07) is 7.55. The van der Waals surface area contributed by atoms with E-state index in [2.05, 4.69) is 15.8 Å². The standard InChI is InChI=1S/C21H28FN3O5/c1-20(2,27)21(3,4)30-25-15-9-7-8-14(17(15)22)24-18(26)16-11-10-13(12-23-16)19(28-5)29-6/h7-12,19,25,27H,1-6H3,(H,24,26). The molecule has 0 atom stereocenters. The molecule has 8 nitrogen and oxygen atoms in total. The summed E-state index contributed by atoms with van der Waals surface area (Å²) in [7, 11) is 2.98. The summed E-state index contributed by atoms with van der Waals surface area (Å²) in [6.07, 6.45) is 0.857. The lowest BCUT2D eigenvalue weighted by molar-refractivity contribution is -0.130. The minimum Gasteiger partial charge on any atom is -0.387 e. The number of hydrogen-bond acceptors (Lipinski definition) is 7. The monoisotopic (exact) mass is 421 g/mol. The summed E-state index contributed by atoms with van der Waals surface area (Å²) in [4.78, 5) is 22.0. The number of rotatable bonds is 9. The summed E-state index contributed by atoms with van der Waals surface area (Å²) >= 11 is 0. The van der Waals surface area contributed by atoms with Crippen molar-refractivity contribution >= 4 is 17.3 Å². The number of nitrogens with one attached hydrogen (secondary N) is 2. The number of hydrogen-bond donors (Lipinski definition) is 3. The molecule has 0 saturated heterocycles. The zero-order valence-electron chi connectivity index (χ0n) is 17.9. The number of methoxy groups -OCH3 is 2. The van der Waals surface area contributed by atoms with Gasteiger partial charge in [0.2, 0.25) is 0 Å². The van der Waals surface area contributed by atoms with E-state index in [4.69, 9.17) is 14.3 Å². The van der Waals surface area contributed by atoms with Crippen LogP contribution in [0.5, 0.6) is 0 Å². The van der Waals surface area contributed by atoms with Gasteiger partial charge in [-0.05, 0) is 45.9 Å². The third-order valence-corrected chi connectivity index (χ3v) is 4.86. The molecule has 0 aliphatic carbocycles. The number of carbonyl (C=O) groups excluding carboxylic acids is 1. The first kappa shape index (κ1) is 23.7. The Morgan fingerprint density at radius 2 is 1.73 bits per heavy atom. The Morgan fingerprint density at radius 1 is 1.10 bits per heavy atom. The number of anilines is 2. The SMILES string of the molecule is COC(OC)c1ccc(C(=O)Nc2cccc(NOC(C)(C)C(C)(C)O)c2F)nc1. The van der Waals surface area contributed by atoms with E-state index in [0.717, 1.165) is 0 Å². The van der Waals surface area contributed by atoms with Crippen LogP contribution in [0.3, 0.4) is 0 Å². The van der Waals surface area contributed by atoms with Crippen molar-refractivity contribution in [2.24, 2.45) is 0 Å². The fraction of sp³-hybridized carbons (Fsp3) is 0.429. The highest BCUT2D eigenvalue weighted by Crippen LogP contribution is 2.28. The van der Waals surface area contributed by atoms with Crippen LogP contribution in [0, 0.1) is 5.82 Å². The topological polar surface area (TPSA) is 102 Å². The molecule has 0 aliphatic heterocycles. The molecule has 30 heavy (non-hydrogen) atoms. The largest absolute Gasteiger partial charge is 0.387 e. The molecule has 2 rings (SSSR count). The maximum atomic E-state index is 14.8. The summed E-state index contributed by atoms with van der Waals surface area (Å²) in [6.45, 7) is 6.50. The van der Waals surface area contributed by atoms with Crippen LogP contribution < -0.4 is 10.8 Å². The Kier molecular flexibility index (Phi) is 7.49. The molecule has 1 aromatic heterocycles. The smallest absolute Gasteiger partial charge is 0.274 e. The highest BCUT2D eigenvalue weighted by atomic mass is 19.1. The molecule has 0 unspecified atom stereocenters. The molecule has 0 bridgehead atoms. The molecule has 0 aliphatic rings. The molecule has 164 valence electrons. The van der Waals surface area contributed by atoms with Crippen molar-refractivity contribution in [3.05, 3.63) is 53.6 Å². The van der Waals surface area contributed by atoms with Gasteiger partial charge in [0.05, 0.1) is 17.0 Å². The number of halogens is 1. The van der Waals surface area contributed by atoms with Gasteiger partial charge in [0.1, 0.15) is 11.3 Å². The predicted molar refractivity (Wildman–Crippen MR) is 110 cm³/mol. The Hall–Kier alpha value is -2.59. The van der Waals surface area contributed by atoms with Gasteiger partial charge in [0, 0.05) is 26.0 Å². The van der Waals surface area contributed by atoms with E-state index in [9.17, 15) is 14.3 Å². The van der Waals surface area contributed by atoms with Crippen molar-refractivity contribution in [1.29, 1.82) is 0 Å². The van der Waals surface area contributed by atoms with Crippen LogP contribution in [0.2, 0.25) is 0 Å². The lowest BCUT2D eigenvalue weighted by Gasteiger charge is -2.36. The Bertz CT molecular complexity index is 862. The molecule has 9 heteroatoms. The van der Waals surface area contributed by atoms with Crippen LogP contribution in [-0.2, 0) is 14.3 Å². The normalized spacial score (nSPS) is 12.2. The van der Waals surface area contributed by atoms with Gasteiger partial charge >= 0.3 is 0 Å². The molecular weight excluding hydrogens is 393 g/mol. The summed E-state index contributed by atoms with van der Waals surface area (Å²) < 4.78 is 25.1. The number of amides is 1. The lowest BCUT2D eigenvalue weighted by atomic mass is 9.90. The lowest BCUT2D eigenvalue weighted by Crippen LogP contribution is -2.48. The van der Waals surface area contributed by atoms with E-state index < -0.39 is 29.2 Å². The zero-order valence-corrected chi connectivity index (χ0v) is 17.9. The van der Waals surface area contributed by atoms with Gasteiger partial charge in [-0.1, -0.05) is 12.1 Å². The summed E-state index contributed by atoms with van der Waals surface area (Å²) in [5, 5.41) is 12.6. The molecule has 1 aromatic carbocycles. The number of aliphatic hydroxyl groups is 1. The van der Waals surface area contributed by atoms with Gasteiger partial charge < -0.3 is 19.9 Å². The Morgan fingerprint density at radius 3 is 2.27 bits per heavy atom. The second kappa shape index (κ2) is 9.48. The molecule has 0 fully saturated rings. The van der Waals surface area contributed by atoms with Gasteiger partial charge in [0.15, 0.2) is 12.1 Å². The first-order valence-electron chi connectivity index (χ1n) is 9.28. The van der Waals surface area contributed by atoms with E-state index in [-0.39, 0.29) is 17.1 Å². The van der Waals surface area contributed by atoms with E-state index >= 15 is 0 Å². The van der Waals surface area contributed by atoms with Crippen LogP contribution in [0.15, 0.2) is 36.5 Å². The van der Waals surface area contributed by atoms with Crippen LogP contribution >= 0.6 is 0 Å². The van der Waals surface area contributed by atoms with E-state index in [1.165, 1.54) is 38.6 Å². The van der Waals surface area contributed by atoms with Gasteiger partial charge in [0.25, 0.3) is 5.91 Å². The summed E-state index contributed by atoms with van der Waals surface area (Å²) in [5.41, 5.74) is 1.03. The number of benzene rings is 1.